The highest BCUT2D eigenvalue weighted by Crippen LogP contribution is 2.60. The zero-order valence-electron chi connectivity index (χ0n) is 20.7. The summed E-state index contributed by atoms with van der Waals surface area (Å²) in [6, 6.07) is 12.7. The summed E-state index contributed by atoms with van der Waals surface area (Å²) in [6.45, 7) is 8.44. The van der Waals surface area contributed by atoms with E-state index in [2.05, 4.69) is 57.0 Å². The summed E-state index contributed by atoms with van der Waals surface area (Å²) in [4.78, 5) is 2.50. The number of likely N-dealkylation sites (N-methyl/N-ethyl adjacent to an activating group) is 1. The summed E-state index contributed by atoms with van der Waals surface area (Å²) in [7, 11) is 3.93. The van der Waals surface area contributed by atoms with Gasteiger partial charge in [-0.15, -0.1) is 0 Å². The number of nitrogens with zero attached hydrogens (tertiary/aromatic N) is 1. The molecule has 3 aliphatic rings. The topological polar surface area (TPSA) is 40.2 Å². The quantitative estimate of drug-likeness (QED) is 0.494. The van der Waals surface area contributed by atoms with Crippen LogP contribution in [0.25, 0.3) is 10.8 Å². The molecule has 33 heavy (non-hydrogen) atoms. The van der Waals surface area contributed by atoms with Crippen LogP contribution in [0.3, 0.4) is 0 Å². The molecule has 5 rings (SSSR count). The number of ether oxygens (including phenoxy) is 4. The van der Waals surface area contributed by atoms with Gasteiger partial charge in [0.25, 0.3) is 0 Å². The summed E-state index contributed by atoms with van der Waals surface area (Å²) in [5, 5.41) is 1.61. The fourth-order valence-corrected chi connectivity index (χ4v) is 10.5. The lowest BCUT2D eigenvalue weighted by Gasteiger charge is -2.33. The molecule has 0 radical (unpaired) electrons. The molecule has 2 aromatic rings. The van der Waals surface area contributed by atoms with Gasteiger partial charge in [0.1, 0.15) is 0 Å². The first-order chi connectivity index (χ1) is 16.0. The van der Waals surface area contributed by atoms with E-state index < -0.39 is 8.07 Å². The van der Waals surface area contributed by atoms with Crippen LogP contribution in [0.1, 0.15) is 49.1 Å². The maximum absolute atomic E-state index is 6.11. The van der Waals surface area contributed by atoms with Crippen LogP contribution in [0.2, 0.25) is 18.1 Å². The van der Waals surface area contributed by atoms with Crippen LogP contribution in [0.4, 0.5) is 0 Å². The third kappa shape index (κ3) is 3.14. The molecule has 0 fully saturated rings. The van der Waals surface area contributed by atoms with Gasteiger partial charge in [-0.1, -0.05) is 45.0 Å². The van der Waals surface area contributed by atoms with E-state index in [1.54, 1.807) is 19.4 Å². The van der Waals surface area contributed by atoms with Crippen molar-refractivity contribution in [2.45, 2.75) is 51.4 Å². The first-order valence-corrected chi connectivity index (χ1v) is 14.8. The number of hydrogen-bond acceptors (Lipinski definition) is 5. The van der Waals surface area contributed by atoms with Crippen molar-refractivity contribution >= 4 is 18.8 Å². The molecule has 0 aromatic heterocycles. The van der Waals surface area contributed by atoms with Crippen LogP contribution in [0.15, 0.2) is 24.3 Å². The van der Waals surface area contributed by atoms with Gasteiger partial charge >= 0.3 is 0 Å². The average Bonchev–Trinajstić information content (AvgIpc) is 3.43. The highest BCUT2D eigenvalue weighted by atomic mass is 28.3. The van der Waals surface area contributed by atoms with Gasteiger partial charge in [0.05, 0.1) is 28.3 Å². The lowest BCUT2D eigenvalue weighted by molar-refractivity contribution is 0.172. The minimum atomic E-state index is -1.76. The smallest absolute Gasteiger partial charge is 0.231 e. The Balaban J connectivity index is 1.88. The number of rotatable bonds is 6. The molecule has 0 spiro atoms. The Morgan fingerprint density at radius 1 is 0.970 bits per heavy atom. The van der Waals surface area contributed by atoms with Crippen molar-refractivity contribution in [3.05, 3.63) is 46.5 Å². The van der Waals surface area contributed by atoms with Crippen LogP contribution >= 0.6 is 0 Å². The van der Waals surface area contributed by atoms with E-state index in [9.17, 15) is 0 Å². The fourth-order valence-electron chi connectivity index (χ4n) is 6.29. The Morgan fingerprint density at radius 3 is 2.33 bits per heavy atom. The van der Waals surface area contributed by atoms with E-state index in [-0.39, 0.29) is 6.04 Å². The zero-order valence-corrected chi connectivity index (χ0v) is 21.7. The van der Waals surface area contributed by atoms with Crippen LogP contribution in [0.5, 0.6) is 23.0 Å². The maximum Gasteiger partial charge on any atom is 0.231 e. The Kier molecular flexibility index (Phi) is 5.69. The second-order valence-corrected chi connectivity index (χ2v) is 14.6. The molecule has 0 saturated carbocycles. The zero-order chi connectivity index (χ0) is 23.3. The molecule has 0 amide bonds. The average molecular weight is 466 g/mol. The van der Waals surface area contributed by atoms with E-state index in [4.69, 9.17) is 18.9 Å². The van der Waals surface area contributed by atoms with Gasteiger partial charge in [0, 0.05) is 12.1 Å². The summed E-state index contributed by atoms with van der Waals surface area (Å²) in [5.74, 6) is 3.41. The fraction of sp³-hybridized carbons (Fsp3) is 0.481. The highest BCUT2D eigenvalue weighted by molar-refractivity contribution is 6.98. The van der Waals surface area contributed by atoms with Crippen molar-refractivity contribution in [3.8, 4) is 23.0 Å². The van der Waals surface area contributed by atoms with Gasteiger partial charge in [0.2, 0.25) is 6.79 Å². The Hall–Kier alpha value is -2.44. The highest BCUT2D eigenvalue weighted by Gasteiger charge is 2.47. The first kappa shape index (κ1) is 22.4. The van der Waals surface area contributed by atoms with Gasteiger partial charge in [0.15, 0.2) is 23.0 Å². The standard InChI is InChI=1S/C27H35NO4Si/c1-7-33(8-2,9-3)27-18-10-11-20-26(32-16-31-20)23(18)25-24(27)19-15-22(30-6)21(29-5)14-17(19)12-13-28(25)4/h10-11,14-15,25H,7-9,12-13,16H2,1-6H3. The number of fused-ring (bicyclic) bond motifs is 7. The molecule has 5 nitrogen and oxygen atoms in total. The van der Waals surface area contributed by atoms with Crippen LogP contribution in [-0.4, -0.2) is 47.6 Å². The molecule has 2 heterocycles. The Morgan fingerprint density at radius 2 is 1.67 bits per heavy atom. The second-order valence-electron chi connectivity index (χ2n) is 9.39. The molecule has 6 heteroatoms. The molecule has 0 saturated heterocycles. The largest absolute Gasteiger partial charge is 0.493 e. The Bertz CT molecular complexity index is 1110. The number of benzene rings is 2. The molecule has 0 N–H and O–H groups in total. The maximum atomic E-state index is 6.11. The monoisotopic (exact) mass is 465 g/mol. The molecule has 1 unspecified atom stereocenters. The van der Waals surface area contributed by atoms with Gasteiger partial charge in [-0.3, -0.25) is 4.90 Å². The van der Waals surface area contributed by atoms with Crippen LogP contribution in [0, 0.1) is 0 Å². The second kappa shape index (κ2) is 8.40. The summed E-state index contributed by atoms with van der Waals surface area (Å²) < 4.78 is 23.4. The van der Waals surface area contributed by atoms with E-state index in [0.29, 0.717) is 6.79 Å². The van der Waals surface area contributed by atoms with Crippen molar-refractivity contribution < 1.29 is 18.9 Å². The summed E-state index contributed by atoms with van der Waals surface area (Å²) in [6.07, 6.45) is 0.972. The van der Waals surface area contributed by atoms with Crippen molar-refractivity contribution in [2.24, 2.45) is 0 Å². The summed E-state index contributed by atoms with van der Waals surface area (Å²) >= 11 is 0. The lowest BCUT2D eigenvalue weighted by atomic mass is 9.93. The predicted molar refractivity (Wildman–Crippen MR) is 135 cm³/mol. The Labute approximate surface area is 198 Å². The SMILES string of the molecule is CC[Si](CC)(CC)C1=C2c3cc(OC)c(OC)cc3CCN(C)C2c2c1ccc1c2OCO1. The molecule has 0 bridgehead atoms. The van der Waals surface area contributed by atoms with Crippen LogP contribution in [-0.2, 0) is 6.42 Å². The van der Waals surface area contributed by atoms with E-state index in [1.807, 2.05) is 0 Å². The lowest BCUT2D eigenvalue weighted by Crippen LogP contribution is -2.34. The van der Waals surface area contributed by atoms with Gasteiger partial charge in [-0.25, -0.2) is 0 Å². The molecular formula is C27H35NO4Si. The molecule has 2 aromatic carbocycles. The van der Waals surface area contributed by atoms with Crippen molar-refractivity contribution in [1.29, 1.82) is 0 Å². The molecule has 176 valence electrons. The van der Waals surface area contributed by atoms with Gasteiger partial charge in [-0.2, -0.15) is 0 Å². The van der Waals surface area contributed by atoms with Crippen LogP contribution < -0.4 is 18.9 Å². The molecular weight excluding hydrogens is 430 g/mol. The third-order valence-corrected chi connectivity index (χ3v) is 14.0. The van der Waals surface area contributed by atoms with Crippen molar-refractivity contribution in [1.82, 2.24) is 4.90 Å². The normalized spacial score (nSPS) is 19.2. The minimum absolute atomic E-state index is 0.155. The van der Waals surface area contributed by atoms with E-state index >= 15 is 0 Å². The van der Waals surface area contributed by atoms with E-state index in [1.165, 1.54) is 46.0 Å². The summed E-state index contributed by atoms with van der Waals surface area (Å²) in [5.41, 5.74) is 6.79. The van der Waals surface area contributed by atoms with Crippen molar-refractivity contribution in [2.75, 3.05) is 34.6 Å². The molecule has 1 atom stereocenters. The molecule has 1 aliphatic carbocycles. The van der Waals surface area contributed by atoms with E-state index in [0.717, 1.165) is 36.0 Å². The van der Waals surface area contributed by atoms with Gasteiger partial charge < -0.3 is 18.9 Å². The third-order valence-electron chi connectivity index (χ3n) is 8.30. The van der Waals surface area contributed by atoms with Gasteiger partial charge in [-0.05, 0) is 59.1 Å². The first-order valence-electron chi connectivity index (χ1n) is 12.2. The number of methoxy groups -OCH3 is 2. The number of hydrogen-bond donors (Lipinski definition) is 0. The van der Waals surface area contributed by atoms with Crippen molar-refractivity contribution in [3.63, 3.8) is 0 Å². The molecule has 2 aliphatic heterocycles. The minimum Gasteiger partial charge on any atom is -0.493 e. The predicted octanol–water partition coefficient (Wildman–Crippen LogP) is 5.93.